The summed E-state index contributed by atoms with van der Waals surface area (Å²) in [5.41, 5.74) is 3.83. The minimum atomic E-state index is 0.0709. The Morgan fingerprint density at radius 1 is 1.27 bits per heavy atom. The third-order valence-electron chi connectivity index (χ3n) is 2.78. The predicted octanol–water partition coefficient (Wildman–Crippen LogP) is 3.00. The average molecular weight is 210 g/mol. The minimum absolute atomic E-state index is 0.0709. The molecular formula is C12H22N2O. The number of carbonyl (C=O) groups excluding carboxylic acids is 1. The molecule has 3 heteroatoms. The molecule has 0 heterocycles. The van der Waals surface area contributed by atoms with Crippen molar-refractivity contribution in [3.8, 4) is 0 Å². The minimum Gasteiger partial charge on any atom is -0.273 e. The second-order valence-corrected chi connectivity index (χ2v) is 4.23. The molecular weight excluding hydrogens is 188 g/mol. The van der Waals surface area contributed by atoms with E-state index in [9.17, 15) is 4.79 Å². The standard InChI is InChI=1S/C12H22N2O/c1-2-3-5-10-12(15)14-13-11-8-6-4-7-9-11/h2-10H2,1H3,(H,14,15). The molecule has 0 saturated heterocycles. The Hall–Kier alpha value is -0.860. The molecule has 0 aromatic heterocycles. The Morgan fingerprint density at radius 3 is 2.67 bits per heavy atom. The normalized spacial score (nSPS) is 16.2. The van der Waals surface area contributed by atoms with Crippen molar-refractivity contribution >= 4 is 11.6 Å². The molecule has 0 aliphatic heterocycles. The van der Waals surface area contributed by atoms with Crippen LogP contribution in [0.4, 0.5) is 0 Å². The number of rotatable bonds is 5. The number of nitrogens with one attached hydrogen (secondary N) is 1. The summed E-state index contributed by atoms with van der Waals surface area (Å²) in [5.74, 6) is 0.0709. The Kier molecular flexibility index (Phi) is 6.05. The lowest BCUT2D eigenvalue weighted by atomic mass is 9.99. The maximum atomic E-state index is 11.3. The van der Waals surface area contributed by atoms with Gasteiger partial charge in [0.25, 0.3) is 0 Å². The highest BCUT2D eigenvalue weighted by molar-refractivity contribution is 5.86. The summed E-state index contributed by atoms with van der Waals surface area (Å²) in [6.45, 7) is 2.14. The van der Waals surface area contributed by atoms with E-state index < -0.39 is 0 Å². The van der Waals surface area contributed by atoms with Crippen LogP contribution in [0.3, 0.4) is 0 Å². The first-order valence-electron chi connectivity index (χ1n) is 6.17. The van der Waals surface area contributed by atoms with Crippen LogP contribution in [0.15, 0.2) is 5.10 Å². The quantitative estimate of drug-likeness (QED) is 0.550. The van der Waals surface area contributed by atoms with Gasteiger partial charge < -0.3 is 0 Å². The average Bonchev–Trinajstić information content (AvgIpc) is 2.28. The van der Waals surface area contributed by atoms with Gasteiger partial charge in [0.15, 0.2) is 0 Å². The van der Waals surface area contributed by atoms with E-state index in [0.29, 0.717) is 6.42 Å². The zero-order chi connectivity index (χ0) is 10.9. The molecule has 0 unspecified atom stereocenters. The summed E-state index contributed by atoms with van der Waals surface area (Å²) >= 11 is 0. The summed E-state index contributed by atoms with van der Waals surface area (Å²) in [4.78, 5) is 11.3. The molecule has 0 spiro atoms. The molecule has 0 atom stereocenters. The SMILES string of the molecule is CCCCCC(=O)NN=C1CCCCC1. The van der Waals surface area contributed by atoms with Crippen molar-refractivity contribution < 1.29 is 4.79 Å². The summed E-state index contributed by atoms with van der Waals surface area (Å²) in [6, 6.07) is 0. The van der Waals surface area contributed by atoms with Crippen LogP contribution in [0.1, 0.15) is 64.7 Å². The van der Waals surface area contributed by atoms with Gasteiger partial charge in [0.05, 0.1) is 0 Å². The molecule has 3 nitrogen and oxygen atoms in total. The molecule has 86 valence electrons. The van der Waals surface area contributed by atoms with E-state index in [1.54, 1.807) is 0 Å². The second-order valence-electron chi connectivity index (χ2n) is 4.23. The molecule has 0 aromatic carbocycles. The van der Waals surface area contributed by atoms with E-state index in [0.717, 1.165) is 32.1 Å². The third-order valence-corrected chi connectivity index (χ3v) is 2.78. The van der Waals surface area contributed by atoms with Crippen LogP contribution in [0.5, 0.6) is 0 Å². The highest BCUT2D eigenvalue weighted by Gasteiger charge is 2.07. The molecule has 1 aliphatic carbocycles. The van der Waals surface area contributed by atoms with Crippen molar-refractivity contribution in [3.05, 3.63) is 0 Å². The van der Waals surface area contributed by atoms with E-state index in [-0.39, 0.29) is 5.91 Å². The maximum Gasteiger partial charge on any atom is 0.240 e. The summed E-state index contributed by atoms with van der Waals surface area (Å²) in [6.07, 6.45) is 9.77. The molecule has 1 N–H and O–H groups in total. The fourth-order valence-corrected chi connectivity index (χ4v) is 1.80. The Balaban J connectivity index is 2.14. The van der Waals surface area contributed by atoms with Crippen LogP contribution >= 0.6 is 0 Å². The highest BCUT2D eigenvalue weighted by atomic mass is 16.2. The fourth-order valence-electron chi connectivity index (χ4n) is 1.80. The lowest BCUT2D eigenvalue weighted by molar-refractivity contribution is -0.121. The van der Waals surface area contributed by atoms with Gasteiger partial charge in [-0.3, -0.25) is 4.79 Å². The summed E-state index contributed by atoms with van der Waals surface area (Å²) < 4.78 is 0. The zero-order valence-corrected chi connectivity index (χ0v) is 9.72. The first-order chi connectivity index (χ1) is 7.33. The van der Waals surface area contributed by atoms with Crippen LogP contribution < -0.4 is 5.43 Å². The number of unbranched alkanes of at least 4 members (excludes halogenated alkanes) is 2. The monoisotopic (exact) mass is 210 g/mol. The molecule has 1 aliphatic rings. The Morgan fingerprint density at radius 2 is 2.00 bits per heavy atom. The van der Waals surface area contributed by atoms with Crippen molar-refractivity contribution in [1.82, 2.24) is 5.43 Å². The van der Waals surface area contributed by atoms with Crippen LogP contribution in [0, 0.1) is 0 Å². The van der Waals surface area contributed by atoms with Crippen molar-refractivity contribution in [2.24, 2.45) is 5.10 Å². The predicted molar refractivity (Wildman–Crippen MR) is 62.8 cm³/mol. The third kappa shape index (κ3) is 5.55. The zero-order valence-electron chi connectivity index (χ0n) is 9.72. The largest absolute Gasteiger partial charge is 0.273 e. The molecule has 0 bridgehead atoms. The number of amides is 1. The topological polar surface area (TPSA) is 41.5 Å². The number of hydrazone groups is 1. The summed E-state index contributed by atoms with van der Waals surface area (Å²) in [7, 11) is 0. The smallest absolute Gasteiger partial charge is 0.240 e. The maximum absolute atomic E-state index is 11.3. The van der Waals surface area contributed by atoms with Gasteiger partial charge >= 0.3 is 0 Å². The second kappa shape index (κ2) is 7.43. The first-order valence-corrected chi connectivity index (χ1v) is 6.17. The van der Waals surface area contributed by atoms with Crippen LogP contribution in [0.25, 0.3) is 0 Å². The fraction of sp³-hybridized carbons (Fsp3) is 0.833. The van der Waals surface area contributed by atoms with Gasteiger partial charge in [0, 0.05) is 12.1 Å². The number of hydrogen-bond donors (Lipinski definition) is 1. The van der Waals surface area contributed by atoms with Crippen molar-refractivity contribution in [2.45, 2.75) is 64.7 Å². The molecule has 1 rings (SSSR count). The number of hydrogen-bond acceptors (Lipinski definition) is 2. The molecule has 1 amide bonds. The first kappa shape index (κ1) is 12.2. The number of carbonyl (C=O) groups is 1. The Labute approximate surface area is 92.3 Å². The molecule has 0 aromatic rings. The van der Waals surface area contributed by atoms with E-state index in [1.807, 2.05) is 0 Å². The highest BCUT2D eigenvalue weighted by Crippen LogP contribution is 2.14. The van der Waals surface area contributed by atoms with Gasteiger partial charge in [-0.25, -0.2) is 5.43 Å². The number of nitrogens with zero attached hydrogens (tertiary/aromatic N) is 1. The van der Waals surface area contributed by atoms with Crippen molar-refractivity contribution in [2.75, 3.05) is 0 Å². The van der Waals surface area contributed by atoms with Crippen molar-refractivity contribution in [1.29, 1.82) is 0 Å². The van der Waals surface area contributed by atoms with E-state index in [4.69, 9.17) is 0 Å². The van der Waals surface area contributed by atoms with Gasteiger partial charge in [0.2, 0.25) is 5.91 Å². The van der Waals surface area contributed by atoms with Crippen LogP contribution in [0.2, 0.25) is 0 Å². The van der Waals surface area contributed by atoms with E-state index in [2.05, 4.69) is 17.5 Å². The van der Waals surface area contributed by atoms with E-state index in [1.165, 1.54) is 25.0 Å². The van der Waals surface area contributed by atoms with Gasteiger partial charge in [-0.2, -0.15) is 5.10 Å². The lowest BCUT2D eigenvalue weighted by Crippen LogP contribution is -2.20. The van der Waals surface area contributed by atoms with Crippen LogP contribution in [-0.4, -0.2) is 11.6 Å². The van der Waals surface area contributed by atoms with Crippen molar-refractivity contribution in [3.63, 3.8) is 0 Å². The van der Waals surface area contributed by atoms with Gasteiger partial charge in [-0.15, -0.1) is 0 Å². The molecule has 15 heavy (non-hydrogen) atoms. The molecule has 1 saturated carbocycles. The molecule has 1 fully saturated rings. The van der Waals surface area contributed by atoms with E-state index >= 15 is 0 Å². The van der Waals surface area contributed by atoms with Crippen LogP contribution in [-0.2, 0) is 4.79 Å². The van der Waals surface area contributed by atoms with Gasteiger partial charge in [-0.05, 0) is 32.1 Å². The summed E-state index contributed by atoms with van der Waals surface area (Å²) in [5, 5.41) is 4.18. The van der Waals surface area contributed by atoms with Gasteiger partial charge in [-0.1, -0.05) is 26.2 Å². The molecule has 0 radical (unpaired) electrons. The Bertz CT molecular complexity index is 216. The lowest BCUT2D eigenvalue weighted by Gasteiger charge is -2.11. The van der Waals surface area contributed by atoms with Gasteiger partial charge in [0.1, 0.15) is 0 Å².